The first-order chi connectivity index (χ1) is 20.7. The van der Waals surface area contributed by atoms with Crippen LogP contribution in [0.3, 0.4) is 0 Å². The smallest absolute Gasteiger partial charge is 0.252 e. The highest BCUT2D eigenvalue weighted by molar-refractivity contribution is 7.00. The minimum absolute atomic E-state index is 0.186. The Labute approximate surface area is 251 Å². The van der Waals surface area contributed by atoms with Gasteiger partial charge in [0, 0.05) is 34.1 Å². The summed E-state index contributed by atoms with van der Waals surface area (Å²) in [5.41, 5.74) is 14.4. The van der Waals surface area contributed by atoms with Crippen molar-refractivity contribution in [3.05, 3.63) is 126 Å². The number of para-hydroxylation sites is 2. The zero-order valence-electron chi connectivity index (χ0n) is 24.9. The van der Waals surface area contributed by atoms with Gasteiger partial charge in [-0.2, -0.15) is 0 Å². The molecule has 0 atom stereocenters. The number of aryl methyl sites for hydroxylation is 2. The molecule has 0 saturated heterocycles. The third-order valence-electron chi connectivity index (χ3n) is 9.06. The Morgan fingerprint density at radius 3 is 2.00 bits per heavy atom. The molecule has 0 fully saturated rings. The van der Waals surface area contributed by atoms with Gasteiger partial charge in [0.1, 0.15) is 0 Å². The summed E-state index contributed by atoms with van der Waals surface area (Å²) < 4.78 is 0. The molecule has 0 saturated carbocycles. The van der Waals surface area contributed by atoms with Crippen LogP contribution in [0, 0.1) is 6.92 Å². The minimum Gasteiger partial charge on any atom is -0.311 e. The molecule has 0 aromatic heterocycles. The quantitative estimate of drug-likeness (QED) is 0.132. The first kappa shape index (κ1) is 26.7. The Kier molecular flexibility index (Phi) is 7.34. The van der Waals surface area contributed by atoms with Crippen LogP contribution in [0.2, 0.25) is 0 Å². The molecule has 0 aliphatic carbocycles. The summed E-state index contributed by atoms with van der Waals surface area (Å²) in [4.78, 5) is 4.98. The second kappa shape index (κ2) is 11.6. The molecule has 0 amide bonds. The second-order valence-electron chi connectivity index (χ2n) is 12.0. The van der Waals surface area contributed by atoms with Gasteiger partial charge in [0.05, 0.1) is 0 Å². The maximum atomic E-state index is 2.51. The highest BCUT2D eigenvalue weighted by atomic mass is 15.2. The molecular weight excluding hydrogens is 507 g/mol. The molecule has 2 aliphatic heterocycles. The van der Waals surface area contributed by atoms with E-state index in [2.05, 4.69) is 139 Å². The van der Waals surface area contributed by atoms with E-state index in [0.717, 1.165) is 6.42 Å². The van der Waals surface area contributed by atoms with Gasteiger partial charge in [-0.15, -0.1) is 0 Å². The van der Waals surface area contributed by atoms with Crippen LogP contribution in [0.15, 0.2) is 115 Å². The van der Waals surface area contributed by atoms with E-state index >= 15 is 0 Å². The maximum Gasteiger partial charge on any atom is 0.252 e. The van der Waals surface area contributed by atoms with Gasteiger partial charge in [-0.1, -0.05) is 106 Å². The highest BCUT2D eigenvalue weighted by Crippen LogP contribution is 2.43. The lowest BCUT2D eigenvalue weighted by atomic mass is 9.33. The van der Waals surface area contributed by atoms with E-state index < -0.39 is 0 Å². The summed E-state index contributed by atoms with van der Waals surface area (Å²) in [6.45, 7) is 4.67. The lowest BCUT2D eigenvalue weighted by Gasteiger charge is -2.44. The second-order valence-corrected chi connectivity index (χ2v) is 12.0. The molecule has 5 aromatic carbocycles. The first-order valence-electron chi connectivity index (χ1n) is 15.8. The summed E-state index contributed by atoms with van der Waals surface area (Å²) in [6.07, 6.45) is 9.09. The van der Waals surface area contributed by atoms with Crippen molar-refractivity contribution in [2.75, 3.05) is 9.80 Å². The van der Waals surface area contributed by atoms with Crippen LogP contribution in [0.5, 0.6) is 0 Å². The van der Waals surface area contributed by atoms with E-state index in [0.29, 0.717) is 0 Å². The fourth-order valence-electron chi connectivity index (χ4n) is 7.09. The number of rotatable bonds is 9. The van der Waals surface area contributed by atoms with E-state index in [4.69, 9.17) is 0 Å². The lowest BCUT2D eigenvalue weighted by Crippen LogP contribution is -2.61. The normalized spacial score (nSPS) is 13.0. The fourth-order valence-corrected chi connectivity index (χ4v) is 7.09. The average molecular weight is 547 g/mol. The van der Waals surface area contributed by atoms with Crippen molar-refractivity contribution in [2.45, 2.75) is 58.8 Å². The molecule has 5 aromatic rings. The third kappa shape index (κ3) is 4.71. The average Bonchev–Trinajstić information content (AvgIpc) is 3.03. The van der Waals surface area contributed by atoms with Gasteiger partial charge < -0.3 is 9.80 Å². The molecule has 0 radical (unpaired) electrons. The molecule has 42 heavy (non-hydrogen) atoms. The van der Waals surface area contributed by atoms with Crippen molar-refractivity contribution in [3.8, 4) is 0 Å². The molecule has 7 rings (SSSR count). The summed E-state index contributed by atoms with van der Waals surface area (Å²) in [6, 6.07) is 43.0. The topological polar surface area (TPSA) is 6.48 Å². The van der Waals surface area contributed by atoms with Gasteiger partial charge in [0.25, 0.3) is 6.71 Å². The van der Waals surface area contributed by atoms with Gasteiger partial charge in [0.15, 0.2) is 0 Å². The van der Waals surface area contributed by atoms with Crippen molar-refractivity contribution >= 4 is 57.2 Å². The van der Waals surface area contributed by atoms with Gasteiger partial charge >= 0.3 is 0 Å². The zero-order chi connectivity index (χ0) is 28.5. The van der Waals surface area contributed by atoms with Crippen LogP contribution in [-0.2, 0) is 6.42 Å². The van der Waals surface area contributed by atoms with E-state index in [-0.39, 0.29) is 6.71 Å². The van der Waals surface area contributed by atoms with E-state index in [9.17, 15) is 0 Å². The number of nitrogens with zero attached hydrogens (tertiary/aromatic N) is 2. The SMILES string of the molecule is CCCCCCCCc1cccc(N2c3ccccc3B3c4ccc(C)cc4N(c4ccccc4)c4cccc2c43)c1. The van der Waals surface area contributed by atoms with Crippen LogP contribution in [0.25, 0.3) is 0 Å². The Hall–Kier alpha value is -4.24. The number of hydrogen-bond donors (Lipinski definition) is 0. The predicted molar refractivity (Wildman–Crippen MR) is 182 cm³/mol. The molecule has 2 aliphatic rings. The Morgan fingerprint density at radius 2 is 1.17 bits per heavy atom. The third-order valence-corrected chi connectivity index (χ3v) is 9.06. The lowest BCUT2D eigenvalue weighted by molar-refractivity contribution is 0.607. The van der Waals surface area contributed by atoms with Crippen LogP contribution in [-0.4, -0.2) is 6.71 Å². The first-order valence-corrected chi connectivity index (χ1v) is 15.8. The van der Waals surface area contributed by atoms with Crippen LogP contribution >= 0.6 is 0 Å². The molecule has 3 heteroatoms. The monoisotopic (exact) mass is 546 g/mol. The molecule has 0 spiro atoms. The predicted octanol–water partition coefficient (Wildman–Crippen LogP) is 8.98. The Morgan fingerprint density at radius 1 is 0.524 bits per heavy atom. The fraction of sp³-hybridized carbons (Fsp3) is 0.231. The van der Waals surface area contributed by atoms with Crippen molar-refractivity contribution in [1.82, 2.24) is 0 Å². The van der Waals surface area contributed by atoms with Gasteiger partial charge in [-0.3, -0.25) is 0 Å². The standard InChI is InChI=1S/C39H39BN2/c1-3-4-5-6-7-9-16-30-17-14-20-32(28-30)42-35-22-13-12-21-33(35)40-34-26-25-29(2)27-38(34)41(31-18-10-8-11-19-31)36-23-15-24-37(42)39(36)40/h8,10-15,17-28H,3-7,9,16H2,1-2H3. The summed E-state index contributed by atoms with van der Waals surface area (Å²) >= 11 is 0. The molecule has 208 valence electrons. The number of fused-ring (bicyclic) bond motifs is 4. The number of hydrogen-bond acceptors (Lipinski definition) is 2. The summed E-state index contributed by atoms with van der Waals surface area (Å²) in [5.74, 6) is 0. The summed E-state index contributed by atoms with van der Waals surface area (Å²) in [5, 5.41) is 0. The molecule has 0 N–H and O–H groups in total. The van der Waals surface area contributed by atoms with Crippen molar-refractivity contribution in [1.29, 1.82) is 0 Å². The number of anilines is 6. The van der Waals surface area contributed by atoms with Crippen LogP contribution in [0.1, 0.15) is 56.6 Å². The highest BCUT2D eigenvalue weighted by Gasteiger charge is 2.42. The van der Waals surface area contributed by atoms with Crippen molar-refractivity contribution < 1.29 is 0 Å². The van der Waals surface area contributed by atoms with Crippen molar-refractivity contribution in [3.63, 3.8) is 0 Å². The van der Waals surface area contributed by atoms with E-state index in [1.165, 1.54) is 100 Å². The molecule has 0 bridgehead atoms. The van der Waals surface area contributed by atoms with E-state index in [1.54, 1.807) is 0 Å². The summed E-state index contributed by atoms with van der Waals surface area (Å²) in [7, 11) is 0. The molecule has 0 unspecified atom stereocenters. The molecule has 2 nitrogen and oxygen atoms in total. The van der Waals surface area contributed by atoms with Gasteiger partial charge in [0.2, 0.25) is 0 Å². The number of benzene rings is 5. The van der Waals surface area contributed by atoms with Crippen molar-refractivity contribution in [2.24, 2.45) is 0 Å². The Balaban J connectivity index is 1.35. The Bertz CT molecular complexity index is 1710. The zero-order valence-corrected chi connectivity index (χ0v) is 24.9. The molecule has 2 heterocycles. The number of unbranched alkanes of at least 4 members (excludes halogenated alkanes) is 5. The van der Waals surface area contributed by atoms with Gasteiger partial charge in [-0.05, 0) is 95.8 Å². The largest absolute Gasteiger partial charge is 0.311 e. The maximum absolute atomic E-state index is 2.51. The van der Waals surface area contributed by atoms with E-state index in [1.807, 2.05) is 0 Å². The minimum atomic E-state index is 0.186. The molecular formula is C39H39BN2. The van der Waals surface area contributed by atoms with Crippen LogP contribution < -0.4 is 26.2 Å². The van der Waals surface area contributed by atoms with Gasteiger partial charge in [-0.25, -0.2) is 0 Å². The van der Waals surface area contributed by atoms with Crippen LogP contribution in [0.4, 0.5) is 34.1 Å².